The van der Waals surface area contributed by atoms with Crippen molar-refractivity contribution in [3.05, 3.63) is 133 Å². The molecule has 180 valence electrons. The summed E-state index contributed by atoms with van der Waals surface area (Å²) in [5.41, 5.74) is 6.45. The Hall–Kier alpha value is -4.40. The molecule has 2 heterocycles. The third-order valence-corrected chi connectivity index (χ3v) is 9.08. The van der Waals surface area contributed by atoms with Crippen LogP contribution in [0.3, 0.4) is 0 Å². The Morgan fingerprint density at radius 2 is 1.50 bits per heavy atom. The van der Waals surface area contributed by atoms with Crippen LogP contribution in [0, 0.1) is 0 Å². The van der Waals surface area contributed by atoms with E-state index in [0.717, 1.165) is 12.8 Å². The van der Waals surface area contributed by atoms with Crippen LogP contribution in [0.4, 0.5) is 0 Å². The van der Waals surface area contributed by atoms with Crippen molar-refractivity contribution in [2.45, 2.75) is 12.8 Å². The zero-order chi connectivity index (χ0) is 25.1. The Balaban J connectivity index is 1.53. The molecule has 38 heavy (non-hydrogen) atoms. The van der Waals surface area contributed by atoms with Crippen LogP contribution < -0.4 is 0 Å². The molecule has 0 spiro atoms. The first kappa shape index (κ1) is 21.7. The van der Waals surface area contributed by atoms with Gasteiger partial charge in [-0.15, -0.1) is 11.3 Å². The maximum atomic E-state index is 2.48. The van der Waals surface area contributed by atoms with Crippen molar-refractivity contribution in [3.63, 3.8) is 0 Å². The van der Waals surface area contributed by atoms with Crippen LogP contribution in [-0.4, -0.2) is 4.57 Å². The minimum atomic E-state index is 1.05. The van der Waals surface area contributed by atoms with Gasteiger partial charge in [0.05, 0.1) is 11.0 Å². The Morgan fingerprint density at radius 1 is 0.658 bits per heavy atom. The van der Waals surface area contributed by atoms with Crippen molar-refractivity contribution in [1.29, 1.82) is 0 Å². The Bertz CT molecular complexity index is 2120. The van der Waals surface area contributed by atoms with E-state index in [0.29, 0.717) is 0 Å². The lowest BCUT2D eigenvalue weighted by Gasteiger charge is -2.11. The summed E-state index contributed by atoms with van der Waals surface area (Å²) in [6.45, 7) is 0. The number of hydrogen-bond donors (Lipinski definition) is 0. The molecule has 0 atom stereocenters. The van der Waals surface area contributed by atoms with Crippen LogP contribution >= 0.6 is 11.3 Å². The van der Waals surface area contributed by atoms with Gasteiger partial charge in [-0.05, 0) is 59.7 Å². The van der Waals surface area contributed by atoms with Gasteiger partial charge >= 0.3 is 0 Å². The van der Waals surface area contributed by atoms with Gasteiger partial charge in [0.15, 0.2) is 0 Å². The van der Waals surface area contributed by atoms with Crippen molar-refractivity contribution in [1.82, 2.24) is 4.57 Å². The standard InChI is InChI=1S/C36H25NS/c1-2-5-11-24(12-6-3-1)26-19-22-32-31(23-26)29-20-17-25-18-21-30-28-15-9-10-16-33(28)38-36(30)34(25)35(29)37(32)27-13-7-4-8-14-27/h1-5,7-11,13-23H,6,12H2/b3-1-,5-2-,24-11+. The topological polar surface area (TPSA) is 4.93 Å². The maximum absolute atomic E-state index is 2.48. The number of aromatic nitrogens is 1. The summed E-state index contributed by atoms with van der Waals surface area (Å²) in [5, 5.41) is 7.94. The minimum absolute atomic E-state index is 1.05. The number of thiophene rings is 1. The second-order valence-electron chi connectivity index (χ2n) is 10.0. The van der Waals surface area contributed by atoms with Crippen LogP contribution in [0.15, 0.2) is 127 Å². The second-order valence-corrected chi connectivity index (χ2v) is 11.1. The third-order valence-electron chi connectivity index (χ3n) is 7.87. The summed E-state index contributed by atoms with van der Waals surface area (Å²) in [7, 11) is 0. The van der Waals surface area contributed by atoms with Gasteiger partial charge in [-0.1, -0.05) is 97.1 Å². The van der Waals surface area contributed by atoms with Gasteiger partial charge in [-0.3, -0.25) is 0 Å². The monoisotopic (exact) mass is 503 g/mol. The van der Waals surface area contributed by atoms with Crippen LogP contribution in [0.2, 0.25) is 0 Å². The molecule has 0 saturated carbocycles. The Labute approximate surface area is 225 Å². The Morgan fingerprint density at radius 3 is 2.42 bits per heavy atom. The lowest BCUT2D eigenvalue weighted by molar-refractivity contribution is 1.07. The highest BCUT2D eigenvalue weighted by Gasteiger charge is 2.19. The SMILES string of the molecule is C1=C\C=C(\c2ccc3c(c2)c2ccc4ccc5c6ccccc6sc5c4c2n3-c2ccccc2)CC\C=C/1. The van der Waals surface area contributed by atoms with Gasteiger partial charge in [0.2, 0.25) is 0 Å². The van der Waals surface area contributed by atoms with Crippen LogP contribution in [-0.2, 0) is 0 Å². The largest absolute Gasteiger partial charge is 0.309 e. The molecular formula is C36H25NS. The zero-order valence-electron chi connectivity index (χ0n) is 20.9. The van der Waals surface area contributed by atoms with Gasteiger partial charge in [0.1, 0.15) is 0 Å². The van der Waals surface area contributed by atoms with E-state index in [9.17, 15) is 0 Å². The molecule has 0 fully saturated rings. The van der Waals surface area contributed by atoms with Crippen molar-refractivity contribution < 1.29 is 0 Å². The first-order chi connectivity index (χ1) is 18.9. The Kier molecular flexibility index (Phi) is 4.89. The molecule has 1 nitrogen and oxygen atoms in total. The van der Waals surface area contributed by atoms with E-state index in [1.165, 1.54) is 69.6 Å². The first-order valence-electron chi connectivity index (χ1n) is 13.3. The van der Waals surface area contributed by atoms with E-state index >= 15 is 0 Å². The summed E-state index contributed by atoms with van der Waals surface area (Å²) in [4.78, 5) is 0. The fourth-order valence-electron chi connectivity index (χ4n) is 6.11. The average Bonchev–Trinajstić information content (AvgIpc) is 3.49. The fraction of sp³-hybridized carbons (Fsp3) is 0.0556. The molecule has 1 aliphatic rings. The number of fused-ring (bicyclic) bond motifs is 9. The van der Waals surface area contributed by atoms with Crippen molar-refractivity contribution in [2.24, 2.45) is 0 Å². The zero-order valence-corrected chi connectivity index (χ0v) is 21.7. The lowest BCUT2D eigenvalue weighted by Crippen LogP contribution is -1.94. The number of rotatable bonds is 2. The molecular weight excluding hydrogens is 478 g/mol. The average molecular weight is 504 g/mol. The van der Waals surface area contributed by atoms with E-state index in [-0.39, 0.29) is 0 Å². The molecule has 0 amide bonds. The lowest BCUT2D eigenvalue weighted by atomic mass is 9.97. The second kappa shape index (κ2) is 8.58. The molecule has 0 bridgehead atoms. The number of nitrogens with zero attached hydrogens (tertiary/aromatic N) is 1. The number of hydrogen-bond acceptors (Lipinski definition) is 1. The molecule has 1 aliphatic carbocycles. The van der Waals surface area contributed by atoms with Gasteiger partial charge < -0.3 is 4.57 Å². The van der Waals surface area contributed by atoms with Crippen molar-refractivity contribution in [2.75, 3.05) is 0 Å². The van der Waals surface area contributed by atoms with E-state index in [1.54, 1.807) is 0 Å². The highest BCUT2D eigenvalue weighted by atomic mass is 32.1. The molecule has 8 rings (SSSR count). The summed E-state index contributed by atoms with van der Waals surface area (Å²) in [5.74, 6) is 0. The highest BCUT2D eigenvalue weighted by molar-refractivity contribution is 7.26. The summed E-state index contributed by atoms with van der Waals surface area (Å²) < 4.78 is 5.19. The number of benzene rings is 5. The van der Waals surface area contributed by atoms with Gasteiger partial charge in [0.25, 0.3) is 0 Å². The summed E-state index contributed by atoms with van der Waals surface area (Å²) in [6, 6.07) is 35.9. The maximum Gasteiger partial charge on any atom is 0.0633 e. The molecule has 0 aliphatic heterocycles. The van der Waals surface area contributed by atoms with E-state index in [4.69, 9.17) is 0 Å². The minimum Gasteiger partial charge on any atom is -0.309 e. The van der Waals surface area contributed by atoms with Gasteiger partial charge in [-0.25, -0.2) is 0 Å². The van der Waals surface area contributed by atoms with Crippen LogP contribution in [0.1, 0.15) is 18.4 Å². The third kappa shape index (κ3) is 3.24. The summed E-state index contributed by atoms with van der Waals surface area (Å²) >= 11 is 1.91. The van der Waals surface area contributed by atoms with Crippen LogP contribution in [0.25, 0.3) is 64.0 Å². The molecule has 7 aromatic rings. The van der Waals surface area contributed by atoms with E-state index in [2.05, 4.69) is 132 Å². The predicted octanol–water partition coefficient (Wildman–Crippen LogP) is 10.6. The summed E-state index contributed by atoms with van der Waals surface area (Å²) in [6.07, 6.45) is 13.1. The molecule has 5 aromatic carbocycles. The fourth-order valence-corrected chi connectivity index (χ4v) is 7.37. The van der Waals surface area contributed by atoms with E-state index in [1.807, 2.05) is 11.3 Å². The van der Waals surface area contributed by atoms with Crippen LogP contribution in [0.5, 0.6) is 0 Å². The molecule has 2 heteroatoms. The van der Waals surface area contributed by atoms with Gasteiger partial charge in [0, 0.05) is 42.0 Å². The van der Waals surface area contributed by atoms with Gasteiger partial charge in [-0.2, -0.15) is 0 Å². The first-order valence-corrected chi connectivity index (χ1v) is 14.1. The van der Waals surface area contributed by atoms with Crippen molar-refractivity contribution >= 4 is 69.7 Å². The molecule has 0 unspecified atom stereocenters. The number of para-hydroxylation sites is 1. The molecule has 2 aromatic heterocycles. The molecule has 0 radical (unpaired) electrons. The van der Waals surface area contributed by atoms with E-state index < -0.39 is 0 Å². The molecule has 0 N–H and O–H groups in total. The predicted molar refractivity (Wildman–Crippen MR) is 167 cm³/mol. The highest BCUT2D eigenvalue weighted by Crippen LogP contribution is 2.44. The van der Waals surface area contributed by atoms with Crippen molar-refractivity contribution in [3.8, 4) is 5.69 Å². The smallest absolute Gasteiger partial charge is 0.0633 e. The normalized spacial score (nSPS) is 17.1. The molecule has 0 saturated heterocycles. The number of allylic oxidation sites excluding steroid dienone is 6. The quantitative estimate of drug-likeness (QED) is 0.221.